The highest BCUT2D eigenvalue weighted by atomic mass is 35.5. The summed E-state index contributed by atoms with van der Waals surface area (Å²) in [5.41, 5.74) is 4.31. The first-order valence-electron chi connectivity index (χ1n) is 9.95. The Morgan fingerprint density at radius 1 is 1.07 bits per heavy atom. The van der Waals surface area contributed by atoms with Crippen LogP contribution in [0.5, 0.6) is 0 Å². The first kappa shape index (κ1) is 18.9. The maximum atomic E-state index is 13.7. The van der Waals surface area contributed by atoms with E-state index in [-0.39, 0.29) is 18.0 Å². The lowest BCUT2D eigenvalue weighted by molar-refractivity contribution is 0.0513. The number of aryl methyl sites for hydroxylation is 1. The van der Waals surface area contributed by atoms with Crippen LogP contribution in [0.1, 0.15) is 49.0 Å². The van der Waals surface area contributed by atoms with Gasteiger partial charge in [-0.3, -0.25) is 4.79 Å². The number of pyridine rings is 1. The van der Waals surface area contributed by atoms with E-state index in [0.29, 0.717) is 16.1 Å². The van der Waals surface area contributed by atoms with E-state index in [9.17, 15) is 4.79 Å². The van der Waals surface area contributed by atoms with Gasteiger partial charge in [-0.1, -0.05) is 48.0 Å². The molecule has 3 nitrogen and oxygen atoms in total. The average Bonchev–Trinajstić information content (AvgIpc) is 2.68. The summed E-state index contributed by atoms with van der Waals surface area (Å²) in [6, 6.07) is 16.2. The van der Waals surface area contributed by atoms with Crippen LogP contribution in [0.3, 0.4) is 0 Å². The second kappa shape index (κ2) is 7.56. The third kappa shape index (κ3) is 3.29. The van der Waals surface area contributed by atoms with Crippen LogP contribution in [0.2, 0.25) is 5.02 Å². The van der Waals surface area contributed by atoms with Gasteiger partial charge in [0.15, 0.2) is 0 Å². The Morgan fingerprint density at radius 3 is 2.50 bits per heavy atom. The number of nitrogens with zero attached hydrogens (tertiary/aromatic N) is 2. The molecule has 1 fully saturated rings. The second-order valence-corrected chi connectivity index (χ2v) is 8.25. The third-order valence-electron chi connectivity index (χ3n) is 5.87. The van der Waals surface area contributed by atoms with Gasteiger partial charge in [0.05, 0.1) is 21.8 Å². The Morgan fingerprint density at radius 2 is 1.79 bits per heavy atom. The molecule has 0 radical (unpaired) electrons. The standard InChI is InChI=1S/C24H25ClN2O/c1-15-8-4-5-11-18(15)22-14-20(19-12-7-13-21(25)23(19)26-22)24(28)27-16(2)9-6-10-17(27)3/h4-5,7-8,11-14,16-17H,6,9-10H2,1-3H3. The van der Waals surface area contributed by atoms with Crippen LogP contribution in [0.4, 0.5) is 0 Å². The number of rotatable bonds is 2. The van der Waals surface area contributed by atoms with E-state index in [1.165, 1.54) is 6.42 Å². The number of hydrogen-bond donors (Lipinski definition) is 0. The number of carbonyl (C=O) groups excluding carboxylic acids is 1. The molecular formula is C24H25ClN2O. The molecular weight excluding hydrogens is 368 g/mol. The molecule has 4 heteroatoms. The minimum absolute atomic E-state index is 0.0733. The summed E-state index contributed by atoms with van der Waals surface area (Å²) in [5, 5.41) is 1.39. The molecule has 3 aromatic rings. The van der Waals surface area contributed by atoms with Crippen molar-refractivity contribution in [2.24, 2.45) is 0 Å². The fraction of sp³-hybridized carbons (Fsp3) is 0.333. The van der Waals surface area contributed by atoms with Crippen molar-refractivity contribution in [1.82, 2.24) is 9.88 Å². The molecule has 1 saturated heterocycles. The molecule has 1 aliphatic heterocycles. The quantitative estimate of drug-likeness (QED) is 0.515. The molecule has 1 aromatic heterocycles. The van der Waals surface area contributed by atoms with Gasteiger partial charge in [-0.05, 0) is 57.7 Å². The lowest BCUT2D eigenvalue weighted by Crippen LogP contribution is -2.47. The highest BCUT2D eigenvalue weighted by Crippen LogP contribution is 2.33. The molecule has 1 aliphatic rings. The van der Waals surface area contributed by atoms with Gasteiger partial charge in [0.25, 0.3) is 5.91 Å². The van der Waals surface area contributed by atoms with Crippen LogP contribution in [-0.2, 0) is 0 Å². The number of para-hydroxylation sites is 1. The number of aromatic nitrogens is 1. The van der Waals surface area contributed by atoms with Gasteiger partial charge >= 0.3 is 0 Å². The zero-order valence-electron chi connectivity index (χ0n) is 16.6. The van der Waals surface area contributed by atoms with Crippen molar-refractivity contribution in [3.05, 3.63) is 64.7 Å². The molecule has 4 rings (SSSR count). The van der Waals surface area contributed by atoms with Crippen molar-refractivity contribution in [2.75, 3.05) is 0 Å². The second-order valence-electron chi connectivity index (χ2n) is 7.85. The normalized spacial score (nSPS) is 19.8. The van der Waals surface area contributed by atoms with Gasteiger partial charge < -0.3 is 4.90 Å². The summed E-state index contributed by atoms with van der Waals surface area (Å²) in [5.74, 6) is 0.0733. The summed E-state index contributed by atoms with van der Waals surface area (Å²) < 4.78 is 0. The zero-order chi connectivity index (χ0) is 19.8. The molecule has 2 aromatic carbocycles. The molecule has 0 aliphatic carbocycles. The maximum absolute atomic E-state index is 13.7. The third-order valence-corrected chi connectivity index (χ3v) is 6.17. The number of amides is 1. The number of halogens is 1. The summed E-state index contributed by atoms with van der Waals surface area (Å²) in [6.07, 6.45) is 3.26. The monoisotopic (exact) mass is 392 g/mol. The Bertz CT molecular complexity index is 1040. The first-order chi connectivity index (χ1) is 13.5. The smallest absolute Gasteiger partial charge is 0.255 e. The lowest BCUT2D eigenvalue weighted by atomic mass is 9.95. The van der Waals surface area contributed by atoms with Gasteiger partial charge in [0.1, 0.15) is 0 Å². The average molecular weight is 393 g/mol. The van der Waals surface area contributed by atoms with Gasteiger partial charge in [-0.2, -0.15) is 0 Å². The molecule has 2 heterocycles. The predicted octanol–water partition coefficient (Wildman–Crippen LogP) is 6.27. The van der Waals surface area contributed by atoms with Gasteiger partial charge in [-0.15, -0.1) is 0 Å². The first-order valence-corrected chi connectivity index (χ1v) is 10.3. The van der Waals surface area contributed by atoms with Crippen molar-refractivity contribution in [3.63, 3.8) is 0 Å². The fourth-order valence-corrected chi connectivity index (χ4v) is 4.57. The molecule has 144 valence electrons. The van der Waals surface area contributed by atoms with E-state index in [4.69, 9.17) is 16.6 Å². The highest BCUT2D eigenvalue weighted by Gasteiger charge is 2.31. The Kier molecular flexibility index (Phi) is 5.11. The molecule has 0 bridgehead atoms. The summed E-state index contributed by atoms with van der Waals surface area (Å²) in [7, 11) is 0. The van der Waals surface area contributed by atoms with Gasteiger partial charge in [0.2, 0.25) is 0 Å². The van der Waals surface area contributed by atoms with Crippen LogP contribution in [0, 0.1) is 6.92 Å². The molecule has 0 saturated carbocycles. The van der Waals surface area contributed by atoms with Crippen molar-refractivity contribution >= 4 is 28.4 Å². The van der Waals surface area contributed by atoms with E-state index in [0.717, 1.165) is 35.0 Å². The summed E-state index contributed by atoms with van der Waals surface area (Å²) in [4.78, 5) is 20.5. The van der Waals surface area contributed by atoms with E-state index in [2.05, 4.69) is 26.8 Å². The largest absolute Gasteiger partial charge is 0.333 e. The Balaban J connectivity index is 1.93. The van der Waals surface area contributed by atoms with Gasteiger partial charge in [0, 0.05) is 23.0 Å². The number of hydrogen-bond acceptors (Lipinski definition) is 2. The van der Waals surface area contributed by atoms with E-state index in [1.807, 2.05) is 47.4 Å². The molecule has 2 atom stereocenters. The van der Waals surface area contributed by atoms with Crippen LogP contribution in [-0.4, -0.2) is 27.9 Å². The number of carbonyl (C=O) groups is 1. The molecule has 2 unspecified atom stereocenters. The number of likely N-dealkylation sites (tertiary alicyclic amines) is 1. The van der Waals surface area contributed by atoms with Crippen molar-refractivity contribution < 1.29 is 4.79 Å². The Labute approximate surface area is 171 Å². The summed E-state index contributed by atoms with van der Waals surface area (Å²) >= 11 is 6.49. The fourth-order valence-electron chi connectivity index (χ4n) is 4.35. The molecule has 28 heavy (non-hydrogen) atoms. The predicted molar refractivity (Wildman–Crippen MR) is 116 cm³/mol. The molecule has 0 N–H and O–H groups in total. The minimum atomic E-state index is 0.0733. The van der Waals surface area contributed by atoms with E-state index in [1.54, 1.807) is 0 Å². The minimum Gasteiger partial charge on any atom is -0.333 e. The van der Waals surface area contributed by atoms with E-state index < -0.39 is 0 Å². The zero-order valence-corrected chi connectivity index (χ0v) is 17.3. The van der Waals surface area contributed by atoms with Crippen molar-refractivity contribution in [3.8, 4) is 11.3 Å². The number of benzene rings is 2. The van der Waals surface area contributed by atoms with E-state index >= 15 is 0 Å². The molecule has 1 amide bonds. The Hall–Kier alpha value is -2.39. The van der Waals surface area contributed by atoms with Crippen molar-refractivity contribution in [2.45, 2.75) is 52.1 Å². The highest BCUT2D eigenvalue weighted by molar-refractivity contribution is 6.35. The van der Waals surface area contributed by atoms with Crippen molar-refractivity contribution in [1.29, 1.82) is 0 Å². The number of piperidine rings is 1. The summed E-state index contributed by atoms with van der Waals surface area (Å²) in [6.45, 7) is 6.35. The topological polar surface area (TPSA) is 33.2 Å². The molecule has 0 spiro atoms. The van der Waals surface area contributed by atoms with Crippen LogP contribution in [0.25, 0.3) is 22.2 Å². The van der Waals surface area contributed by atoms with Crippen LogP contribution >= 0.6 is 11.6 Å². The SMILES string of the molecule is Cc1ccccc1-c1cc(C(=O)N2C(C)CCCC2C)c2cccc(Cl)c2n1. The van der Waals surface area contributed by atoms with Crippen LogP contribution in [0.15, 0.2) is 48.5 Å². The van der Waals surface area contributed by atoms with Crippen LogP contribution < -0.4 is 0 Å². The maximum Gasteiger partial charge on any atom is 0.255 e. The lowest BCUT2D eigenvalue weighted by Gasteiger charge is -2.39. The van der Waals surface area contributed by atoms with Gasteiger partial charge in [-0.25, -0.2) is 4.98 Å². The number of fused-ring (bicyclic) bond motifs is 1.